The van der Waals surface area contributed by atoms with Crippen molar-refractivity contribution < 1.29 is 28.6 Å². The summed E-state index contributed by atoms with van der Waals surface area (Å²) < 4.78 is 17.0. The lowest BCUT2D eigenvalue weighted by Gasteiger charge is -2.18. The summed E-state index contributed by atoms with van der Waals surface area (Å²) in [5.74, 6) is -0.891. The van der Waals surface area contributed by atoms with Crippen molar-refractivity contribution in [2.45, 2.75) is 361 Å². The fourth-order valence-corrected chi connectivity index (χ4v) is 10.1. The van der Waals surface area contributed by atoms with Gasteiger partial charge in [0.05, 0.1) is 0 Å². The zero-order chi connectivity index (χ0) is 59.9. The van der Waals surface area contributed by atoms with E-state index in [1.54, 1.807) is 0 Å². The third kappa shape index (κ3) is 69.0. The molecule has 0 spiro atoms. The summed E-state index contributed by atoms with van der Waals surface area (Å²) in [6.45, 7) is 6.62. The first kappa shape index (κ1) is 79.3. The average molecular weight is 1160 g/mol. The van der Waals surface area contributed by atoms with Crippen molar-refractivity contribution in [1.29, 1.82) is 0 Å². The minimum atomic E-state index is -0.791. The molecular weight excluding hydrogens is 1020 g/mol. The molecule has 0 aliphatic heterocycles. The normalized spacial score (nSPS) is 12.7. The number of allylic oxidation sites excluding steroid dienone is 16. The van der Waals surface area contributed by atoms with E-state index < -0.39 is 6.10 Å². The van der Waals surface area contributed by atoms with E-state index in [1.165, 1.54) is 212 Å². The van der Waals surface area contributed by atoms with Gasteiger partial charge in [0.1, 0.15) is 13.2 Å². The van der Waals surface area contributed by atoms with E-state index in [9.17, 15) is 14.4 Å². The first-order chi connectivity index (χ1) is 41.0. The van der Waals surface area contributed by atoms with Crippen molar-refractivity contribution in [3.8, 4) is 0 Å². The largest absolute Gasteiger partial charge is 0.462 e. The Morgan fingerprint density at radius 3 is 0.699 bits per heavy atom. The van der Waals surface area contributed by atoms with Crippen LogP contribution in [0.15, 0.2) is 97.2 Å². The Morgan fingerprint density at radius 1 is 0.241 bits per heavy atom. The van der Waals surface area contributed by atoms with Gasteiger partial charge < -0.3 is 14.2 Å². The summed E-state index contributed by atoms with van der Waals surface area (Å²) in [6.07, 6.45) is 95.6. The van der Waals surface area contributed by atoms with Crippen LogP contribution in [0, 0.1) is 0 Å². The number of hydrogen-bond acceptors (Lipinski definition) is 6. The monoisotopic (exact) mass is 1160 g/mol. The van der Waals surface area contributed by atoms with Gasteiger partial charge in [0, 0.05) is 19.3 Å². The molecule has 0 aromatic heterocycles. The molecule has 0 N–H and O–H groups in total. The lowest BCUT2D eigenvalue weighted by molar-refractivity contribution is -0.167. The zero-order valence-corrected chi connectivity index (χ0v) is 54.9. The first-order valence-electron chi connectivity index (χ1n) is 35.7. The molecule has 1 atom stereocenters. The lowest BCUT2D eigenvalue weighted by Crippen LogP contribution is -2.30. The summed E-state index contributed by atoms with van der Waals surface area (Å²) in [5.41, 5.74) is 0. The molecule has 1 unspecified atom stereocenters. The molecule has 6 nitrogen and oxygen atoms in total. The van der Waals surface area contributed by atoms with Crippen molar-refractivity contribution >= 4 is 17.9 Å². The molecular formula is C77H134O6. The predicted molar refractivity (Wildman–Crippen MR) is 362 cm³/mol. The third-order valence-corrected chi connectivity index (χ3v) is 15.5. The summed E-state index contributed by atoms with van der Waals surface area (Å²) in [5, 5.41) is 0. The molecule has 0 fully saturated rings. The van der Waals surface area contributed by atoms with Gasteiger partial charge in [0.25, 0.3) is 0 Å². The van der Waals surface area contributed by atoms with Crippen molar-refractivity contribution in [2.75, 3.05) is 13.2 Å². The van der Waals surface area contributed by atoms with Gasteiger partial charge in [-0.1, -0.05) is 304 Å². The Labute approximate surface area is 515 Å². The highest BCUT2D eigenvalue weighted by Gasteiger charge is 2.19. The van der Waals surface area contributed by atoms with Crippen LogP contribution in [-0.2, 0) is 28.6 Å². The van der Waals surface area contributed by atoms with Crippen LogP contribution in [0.25, 0.3) is 0 Å². The van der Waals surface area contributed by atoms with Crippen LogP contribution in [0.4, 0.5) is 0 Å². The molecule has 0 aliphatic carbocycles. The Morgan fingerprint density at radius 2 is 0.434 bits per heavy atom. The van der Waals surface area contributed by atoms with Crippen molar-refractivity contribution in [3.63, 3.8) is 0 Å². The highest BCUT2D eigenvalue weighted by Crippen LogP contribution is 2.17. The molecule has 0 saturated carbocycles. The van der Waals surface area contributed by atoms with Crippen LogP contribution in [0.1, 0.15) is 355 Å². The topological polar surface area (TPSA) is 78.9 Å². The SMILES string of the molecule is CCCCC/C=C\C/C=C\C/C=C\CCCCCCCCC(=O)OCC(COC(=O)CCCCCCCCCC/C=C\C/C=C\C/C=C\CCCCCCC)OC(=O)CCCCCCCCCCCCC/C=C\C/C=C\CCCCCCC. The van der Waals surface area contributed by atoms with Crippen molar-refractivity contribution in [1.82, 2.24) is 0 Å². The van der Waals surface area contributed by atoms with Gasteiger partial charge in [-0.2, -0.15) is 0 Å². The number of unbranched alkanes of at least 4 members (excludes halogenated alkanes) is 38. The average Bonchev–Trinajstić information content (AvgIpc) is 3.49. The lowest BCUT2D eigenvalue weighted by atomic mass is 10.0. The van der Waals surface area contributed by atoms with Crippen LogP contribution >= 0.6 is 0 Å². The van der Waals surface area contributed by atoms with E-state index in [2.05, 4.69) is 118 Å². The van der Waals surface area contributed by atoms with Gasteiger partial charge in [-0.3, -0.25) is 14.4 Å². The Balaban J connectivity index is 4.41. The van der Waals surface area contributed by atoms with Gasteiger partial charge in [0.15, 0.2) is 6.10 Å². The fraction of sp³-hybridized carbons (Fsp3) is 0.753. The summed E-state index contributed by atoms with van der Waals surface area (Å²) in [7, 11) is 0. The number of carbonyl (C=O) groups is 3. The minimum absolute atomic E-state index is 0.0856. The zero-order valence-electron chi connectivity index (χ0n) is 54.9. The van der Waals surface area contributed by atoms with Crippen LogP contribution in [0.2, 0.25) is 0 Å². The smallest absolute Gasteiger partial charge is 0.306 e. The Kier molecular flexibility index (Phi) is 67.7. The molecule has 0 aromatic carbocycles. The maximum atomic E-state index is 13.0. The summed E-state index contributed by atoms with van der Waals surface area (Å²) in [4.78, 5) is 38.5. The Hall–Kier alpha value is -3.67. The standard InChI is InChI=1S/C77H134O6/c1-4-7-10-13-16-19-22-25-28-31-34-36-38-40-43-46-49-52-55-58-61-64-67-70-76(79)82-73-74(72-81-75(78)69-66-63-60-57-54-51-48-45-42-33-30-27-24-21-18-15-12-9-6-3)83-77(80)71-68-65-62-59-56-53-50-47-44-41-39-37-35-32-29-26-23-20-17-14-11-8-5-2/h18,21-23,25-27,30-32,34-35,38,40,42,45,74H,4-17,19-20,24,28-29,33,36-37,39,41,43-44,46-73H2,1-3H3/b21-18-,25-22-,26-23-,30-27-,34-31-,35-32-,40-38-,45-42-. The minimum Gasteiger partial charge on any atom is -0.462 e. The number of esters is 3. The molecule has 0 bridgehead atoms. The van der Waals surface area contributed by atoms with Crippen molar-refractivity contribution in [3.05, 3.63) is 97.2 Å². The maximum absolute atomic E-state index is 13.0. The summed E-state index contributed by atoms with van der Waals surface area (Å²) in [6, 6.07) is 0. The van der Waals surface area contributed by atoms with E-state index in [4.69, 9.17) is 14.2 Å². The van der Waals surface area contributed by atoms with Gasteiger partial charge >= 0.3 is 17.9 Å². The molecule has 0 heterocycles. The van der Waals surface area contributed by atoms with Gasteiger partial charge in [-0.15, -0.1) is 0 Å². The van der Waals surface area contributed by atoms with Gasteiger partial charge in [0.2, 0.25) is 0 Å². The number of hydrogen-bond donors (Lipinski definition) is 0. The highest BCUT2D eigenvalue weighted by atomic mass is 16.6. The molecule has 83 heavy (non-hydrogen) atoms. The number of rotatable bonds is 65. The van der Waals surface area contributed by atoms with Crippen LogP contribution < -0.4 is 0 Å². The molecule has 0 saturated heterocycles. The van der Waals surface area contributed by atoms with Gasteiger partial charge in [-0.05, 0) is 128 Å². The van der Waals surface area contributed by atoms with Crippen LogP contribution in [-0.4, -0.2) is 37.2 Å². The van der Waals surface area contributed by atoms with Crippen LogP contribution in [0.3, 0.4) is 0 Å². The van der Waals surface area contributed by atoms with E-state index in [1.807, 2.05) is 0 Å². The molecule has 6 heteroatoms. The van der Waals surface area contributed by atoms with E-state index >= 15 is 0 Å². The van der Waals surface area contributed by atoms with E-state index in [0.29, 0.717) is 19.3 Å². The van der Waals surface area contributed by atoms with Gasteiger partial charge in [-0.25, -0.2) is 0 Å². The maximum Gasteiger partial charge on any atom is 0.306 e. The molecule has 0 aromatic rings. The molecule has 0 radical (unpaired) electrons. The molecule has 478 valence electrons. The quantitative estimate of drug-likeness (QED) is 0.0261. The molecule has 0 amide bonds. The molecule has 0 aliphatic rings. The highest BCUT2D eigenvalue weighted by molar-refractivity contribution is 5.71. The second-order valence-electron chi connectivity index (χ2n) is 23.8. The Bertz CT molecular complexity index is 1610. The first-order valence-corrected chi connectivity index (χ1v) is 35.7. The summed E-state index contributed by atoms with van der Waals surface area (Å²) >= 11 is 0. The number of carbonyl (C=O) groups excluding carboxylic acids is 3. The van der Waals surface area contributed by atoms with E-state index in [0.717, 1.165) is 103 Å². The second-order valence-corrected chi connectivity index (χ2v) is 23.8. The third-order valence-electron chi connectivity index (χ3n) is 15.5. The van der Waals surface area contributed by atoms with Crippen molar-refractivity contribution in [2.24, 2.45) is 0 Å². The molecule has 0 rings (SSSR count). The predicted octanol–water partition coefficient (Wildman–Crippen LogP) is 24.8. The fourth-order valence-electron chi connectivity index (χ4n) is 10.1. The van der Waals surface area contributed by atoms with E-state index in [-0.39, 0.29) is 31.1 Å². The van der Waals surface area contributed by atoms with Crippen LogP contribution in [0.5, 0.6) is 0 Å². The second kappa shape index (κ2) is 70.8. The number of ether oxygens (including phenoxy) is 3.